The van der Waals surface area contributed by atoms with E-state index in [0.29, 0.717) is 30.8 Å². The van der Waals surface area contributed by atoms with E-state index in [-0.39, 0.29) is 5.91 Å². The fraction of sp³-hybridized carbons (Fsp3) is 0.353. The Balaban J connectivity index is 1.43. The molecule has 0 saturated heterocycles. The molecule has 3 rings (SSSR count). The van der Waals surface area contributed by atoms with Crippen molar-refractivity contribution in [1.29, 1.82) is 0 Å². The van der Waals surface area contributed by atoms with E-state index in [9.17, 15) is 4.79 Å². The largest absolute Gasteiger partial charge is 0.497 e. The van der Waals surface area contributed by atoms with Gasteiger partial charge in [0.25, 0.3) is 5.91 Å². The summed E-state index contributed by atoms with van der Waals surface area (Å²) in [5.74, 6) is 1.76. The van der Waals surface area contributed by atoms with Gasteiger partial charge >= 0.3 is 0 Å². The normalized spacial score (nSPS) is 13.2. The van der Waals surface area contributed by atoms with Crippen molar-refractivity contribution in [2.24, 2.45) is 0 Å². The van der Waals surface area contributed by atoms with E-state index >= 15 is 0 Å². The van der Waals surface area contributed by atoms with Crippen LogP contribution in [0.4, 0.5) is 5.95 Å². The van der Waals surface area contributed by atoms with Gasteiger partial charge in [0.15, 0.2) is 0 Å². The number of nitrogens with zero attached hydrogens (tertiary/aromatic N) is 2. The predicted octanol–water partition coefficient (Wildman–Crippen LogP) is 1.87. The summed E-state index contributed by atoms with van der Waals surface area (Å²) in [6.45, 7) is 0.761. The molecule has 126 valence electrons. The van der Waals surface area contributed by atoms with E-state index < -0.39 is 0 Å². The zero-order chi connectivity index (χ0) is 16.8. The maximum atomic E-state index is 12.1. The van der Waals surface area contributed by atoms with E-state index in [4.69, 9.17) is 9.47 Å². The lowest BCUT2D eigenvalue weighted by Crippen LogP contribution is -2.29. The van der Waals surface area contributed by atoms with E-state index in [0.717, 1.165) is 24.3 Å². The van der Waals surface area contributed by atoms with Gasteiger partial charge in [-0.05, 0) is 43.2 Å². The number of nitrogens with one attached hydrogen (secondary N) is 2. The molecule has 1 aromatic carbocycles. The number of rotatable bonds is 8. The summed E-state index contributed by atoms with van der Waals surface area (Å²) in [6, 6.07) is 9.33. The zero-order valence-corrected chi connectivity index (χ0v) is 13.5. The second-order valence-corrected chi connectivity index (χ2v) is 5.46. The summed E-state index contributed by atoms with van der Waals surface area (Å²) in [4.78, 5) is 20.4. The highest BCUT2D eigenvalue weighted by molar-refractivity contribution is 5.92. The highest BCUT2D eigenvalue weighted by Gasteiger charge is 2.22. The molecule has 1 aliphatic carbocycles. The monoisotopic (exact) mass is 328 g/mol. The molecule has 1 amide bonds. The molecule has 1 heterocycles. The maximum absolute atomic E-state index is 12.1. The van der Waals surface area contributed by atoms with Crippen LogP contribution in [0.1, 0.15) is 23.3 Å². The molecule has 0 spiro atoms. The lowest BCUT2D eigenvalue weighted by molar-refractivity contribution is 0.0942. The molecule has 1 aliphatic rings. The highest BCUT2D eigenvalue weighted by atomic mass is 16.5. The summed E-state index contributed by atoms with van der Waals surface area (Å²) in [6.07, 6.45) is 3.84. The summed E-state index contributed by atoms with van der Waals surface area (Å²) in [5, 5.41) is 5.95. The second-order valence-electron chi connectivity index (χ2n) is 5.46. The van der Waals surface area contributed by atoms with Crippen molar-refractivity contribution in [2.75, 3.05) is 25.6 Å². The molecule has 0 atom stereocenters. The molecule has 1 fully saturated rings. The number of aromatic nitrogens is 2. The molecule has 0 unspecified atom stereocenters. The standard InChI is InChI=1S/C17H20N4O3/c1-23-13-4-6-14(7-5-13)24-11-10-18-16(22)15-8-9-19-17(21-15)20-12-2-3-12/h4-9,12H,2-3,10-11H2,1H3,(H,18,22)(H,19,20,21). The van der Waals surface area contributed by atoms with Gasteiger partial charge in [-0.15, -0.1) is 0 Å². The Kier molecular flexibility index (Phi) is 5.10. The predicted molar refractivity (Wildman–Crippen MR) is 89.5 cm³/mol. The smallest absolute Gasteiger partial charge is 0.270 e. The van der Waals surface area contributed by atoms with Crippen molar-refractivity contribution in [3.63, 3.8) is 0 Å². The van der Waals surface area contributed by atoms with Crippen LogP contribution in [0, 0.1) is 0 Å². The van der Waals surface area contributed by atoms with Gasteiger partial charge < -0.3 is 20.1 Å². The number of methoxy groups -OCH3 is 1. The van der Waals surface area contributed by atoms with Gasteiger partial charge in [-0.2, -0.15) is 0 Å². The third kappa shape index (κ3) is 4.58. The lowest BCUT2D eigenvalue weighted by Gasteiger charge is -2.09. The third-order valence-electron chi connectivity index (χ3n) is 3.51. The SMILES string of the molecule is COc1ccc(OCCNC(=O)c2ccnc(NC3CC3)n2)cc1. The van der Waals surface area contributed by atoms with Crippen molar-refractivity contribution in [3.05, 3.63) is 42.2 Å². The van der Waals surface area contributed by atoms with E-state index in [1.807, 2.05) is 24.3 Å². The Morgan fingerprint density at radius 2 is 1.96 bits per heavy atom. The molecule has 0 radical (unpaired) electrons. The number of carbonyl (C=O) groups is 1. The summed E-state index contributed by atoms with van der Waals surface area (Å²) in [7, 11) is 1.62. The van der Waals surface area contributed by atoms with E-state index in [2.05, 4.69) is 20.6 Å². The minimum atomic E-state index is -0.241. The number of amides is 1. The number of carbonyl (C=O) groups excluding carboxylic acids is 1. The van der Waals surface area contributed by atoms with Crippen LogP contribution >= 0.6 is 0 Å². The minimum Gasteiger partial charge on any atom is -0.497 e. The lowest BCUT2D eigenvalue weighted by atomic mass is 10.3. The molecular weight excluding hydrogens is 308 g/mol. The molecule has 0 bridgehead atoms. The molecular formula is C17H20N4O3. The molecule has 1 aromatic heterocycles. The first-order valence-electron chi connectivity index (χ1n) is 7.89. The summed E-state index contributed by atoms with van der Waals surface area (Å²) in [5.41, 5.74) is 0.345. The van der Waals surface area contributed by atoms with Gasteiger partial charge in [-0.1, -0.05) is 0 Å². The van der Waals surface area contributed by atoms with Gasteiger partial charge in [-0.25, -0.2) is 9.97 Å². The topological polar surface area (TPSA) is 85.4 Å². The van der Waals surface area contributed by atoms with Gasteiger partial charge in [-0.3, -0.25) is 4.79 Å². The van der Waals surface area contributed by atoms with Crippen LogP contribution in [-0.4, -0.2) is 42.2 Å². The quantitative estimate of drug-likeness (QED) is 0.720. The first kappa shape index (κ1) is 16.0. The van der Waals surface area contributed by atoms with Gasteiger partial charge in [0.05, 0.1) is 13.7 Å². The molecule has 0 aliphatic heterocycles. The summed E-state index contributed by atoms with van der Waals surface area (Å²) < 4.78 is 10.6. The fourth-order valence-corrected chi connectivity index (χ4v) is 2.06. The minimum absolute atomic E-state index is 0.241. The maximum Gasteiger partial charge on any atom is 0.270 e. The zero-order valence-electron chi connectivity index (χ0n) is 13.5. The average molecular weight is 328 g/mol. The van der Waals surface area contributed by atoms with Crippen LogP contribution in [0.25, 0.3) is 0 Å². The Morgan fingerprint density at radius 3 is 2.67 bits per heavy atom. The second kappa shape index (κ2) is 7.63. The molecule has 7 heteroatoms. The van der Waals surface area contributed by atoms with Gasteiger partial charge in [0.2, 0.25) is 5.95 Å². The number of benzene rings is 1. The van der Waals surface area contributed by atoms with Crippen LogP contribution in [-0.2, 0) is 0 Å². The fourth-order valence-electron chi connectivity index (χ4n) is 2.06. The highest BCUT2D eigenvalue weighted by Crippen LogP contribution is 2.22. The first-order valence-corrected chi connectivity index (χ1v) is 7.89. The number of hydrogen-bond acceptors (Lipinski definition) is 6. The molecule has 2 N–H and O–H groups in total. The Labute approximate surface area is 140 Å². The Bertz CT molecular complexity index is 686. The van der Waals surface area contributed by atoms with Gasteiger partial charge in [0.1, 0.15) is 23.8 Å². The molecule has 24 heavy (non-hydrogen) atoms. The van der Waals surface area contributed by atoms with Gasteiger partial charge in [0, 0.05) is 12.2 Å². The molecule has 7 nitrogen and oxygen atoms in total. The van der Waals surface area contributed by atoms with Crippen LogP contribution in [0.15, 0.2) is 36.5 Å². The number of ether oxygens (including phenoxy) is 2. The summed E-state index contributed by atoms with van der Waals surface area (Å²) >= 11 is 0. The van der Waals surface area contributed by atoms with Crippen molar-refractivity contribution in [1.82, 2.24) is 15.3 Å². The number of anilines is 1. The van der Waals surface area contributed by atoms with Crippen molar-refractivity contribution in [3.8, 4) is 11.5 Å². The molecule has 2 aromatic rings. The van der Waals surface area contributed by atoms with E-state index in [1.54, 1.807) is 19.4 Å². The van der Waals surface area contributed by atoms with Crippen molar-refractivity contribution < 1.29 is 14.3 Å². The van der Waals surface area contributed by atoms with Crippen LogP contribution in [0.5, 0.6) is 11.5 Å². The van der Waals surface area contributed by atoms with Crippen LogP contribution in [0.2, 0.25) is 0 Å². The van der Waals surface area contributed by atoms with E-state index in [1.165, 1.54) is 0 Å². The van der Waals surface area contributed by atoms with Crippen molar-refractivity contribution in [2.45, 2.75) is 18.9 Å². The Morgan fingerprint density at radius 1 is 1.21 bits per heavy atom. The third-order valence-corrected chi connectivity index (χ3v) is 3.51. The van der Waals surface area contributed by atoms with Crippen LogP contribution in [0.3, 0.4) is 0 Å². The Hall–Kier alpha value is -2.83. The van der Waals surface area contributed by atoms with Crippen LogP contribution < -0.4 is 20.1 Å². The molecule has 1 saturated carbocycles. The number of hydrogen-bond donors (Lipinski definition) is 2. The average Bonchev–Trinajstić information content (AvgIpc) is 3.43. The first-order chi connectivity index (χ1) is 11.7. The van der Waals surface area contributed by atoms with Crippen molar-refractivity contribution >= 4 is 11.9 Å².